The topological polar surface area (TPSA) is 87.3 Å². The molecular formula is C32H28ClN3O3S. The summed E-state index contributed by atoms with van der Waals surface area (Å²) >= 11 is 7.37. The van der Waals surface area contributed by atoms with Crippen molar-refractivity contribution in [2.45, 2.75) is 24.0 Å². The molecule has 4 aromatic carbocycles. The van der Waals surface area contributed by atoms with E-state index in [1.54, 1.807) is 79.7 Å². The van der Waals surface area contributed by atoms with Gasteiger partial charge < -0.3 is 16.0 Å². The summed E-state index contributed by atoms with van der Waals surface area (Å²) in [5.41, 5.74) is 3.50. The molecule has 202 valence electrons. The van der Waals surface area contributed by atoms with Gasteiger partial charge in [-0.3, -0.25) is 14.4 Å². The van der Waals surface area contributed by atoms with Crippen LogP contribution < -0.4 is 16.0 Å². The summed E-state index contributed by atoms with van der Waals surface area (Å²) in [4.78, 5) is 39.7. The number of amides is 3. The Morgan fingerprint density at radius 1 is 0.800 bits per heavy atom. The predicted octanol–water partition coefficient (Wildman–Crippen LogP) is 7.18. The lowest BCUT2D eigenvalue weighted by atomic mass is 10.1. The van der Waals surface area contributed by atoms with Crippen molar-refractivity contribution in [1.29, 1.82) is 0 Å². The summed E-state index contributed by atoms with van der Waals surface area (Å²) < 4.78 is 0. The number of halogens is 1. The highest BCUT2D eigenvalue weighted by Gasteiger charge is 2.17. The van der Waals surface area contributed by atoms with Gasteiger partial charge in [-0.1, -0.05) is 71.8 Å². The molecule has 0 heterocycles. The van der Waals surface area contributed by atoms with Crippen molar-refractivity contribution in [2.75, 3.05) is 10.6 Å². The summed E-state index contributed by atoms with van der Waals surface area (Å²) in [6.07, 6.45) is 1.64. The Balaban J connectivity index is 1.48. The van der Waals surface area contributed by atoms with Crippen LogP contribution in [0.3, 0.4) is 0 Å². The summed E-state index contributed by atoms with van der Waals surface area (Å²) in [5, 5.41) is 8.62. The first-order valence-electron chi connectivity index (χ1n) is 12.6. The van der Waals surface area contributed by atoms with Gasteiger partial charge in [0.2, 0.25) is 5.91 Å². The number of nitrogens with one attached hydrogen (secondary N) is 3. The standard InChI is InChI=1S/C32H28ClN3O3S/c1-21-9-6-10-23(17-21)18-29(36-31(38)24-11-4-3-5-12-24)32(39)35-27-15-8-16-28(20-27)40-22(2)30(37)34-26-14-7-13-25(33)19-26/h3-20,22H,1-2H3,(H,34,37)(H,35,39)(H,36,38)/b29-18+. The molecular weight excluding hydrogens is 542 g/mol. The average Bonchev–Trinajstić information content (AvgIpc) is 2.93. The van der Waals surface area contributed by atoms with Gasteiger partial charge in [0.1, 0.15) is 5.70 Å². The van der Waals surface area contributed by atoms with E-state index in [4.69, 9.17) is 11.6 Å². The van der Waals surface area contributed by atoms with Crippen molar-refractivity contribution in [1.82, 2.24) is 5.32 Å². The van der Waals surface area contributed by atoms with E-state index in [9.17, 15) is 14.4 Å². The maximum absolute atomic E-state index is 13.4. The van der Waals surface area contributed by atoms with Gasteiger partial charge in [0.05, 0.1) is 5.25 Å². The number of carbonyl (C=O) groups is 3. The van der Waals surface area contributed by atoms with Gasteiger partial charge in [0.25, 0.3) is 11.8 Å². The van der Waals surface area contributed by atoms with E-state index in [1.165, 1.54) is 11.8 Å². The molecule has 6 nitrogen and oxygen atoms in total. The first kappa shape index (κ1) is 28.7. The molecule has 0 aliphatic rings. The fourth-order valence-electron chi connectivity index (χ4n) is 3.78. The molecule has 0 saturated heterocycles. The highest BCUT2D eigenvalue weighted by atomic mass is 35.5. The van der Waals surface area contributed by atoms with Gasteiger partial charge in [0, 0.05) is 26.9 Å². The van der Waals surface area contributed by atoms with Crippen molar-refractivity contribution < 1.29 is 14.4 Å². The second kappa shape index (κ2) is 13.6. The first-order chi connectivity index (χ1) is 19.3. The zero-order chi connectivity index (χ0) is 28.5. The van der Waals surface area contributed by atoms with Crippen LogP contribution >= 0.6 is 23.4 Å². The smallest absolute Gasteiger partial charge is 0.272 e. The van der Waals surface area contributed by atoms with Crippen LogP contribution in [0, 0.1) is 6.92 Å². The number of anilines is 2. The molecule has 0 fully saturated rings. The van der Waals surface area contributed by atoms with Gasteiger partial charge in [0.15, 0.2) is 0 Å². The molecule has 0 aliphatic carbocycles. The van der Waals surface area contributed by atoms with Crippen molar-refractivity contribution in [3.63, 3.8) is 0 Å². The minimum absolute atomic E-state index is 0.103. The molecule has 4 aromatic rings. The quantitative estimate of drug-likeness (QED) is 0.147. The van der Waals surface area contributed by atoms with Gasteiger partial charge in [-0.15, -0.1) is 11.8 Å². The molecule has 1 atom stereocenters. The van der Waals surface area contributed by atoms with Crippen molar-refractivity contribution in [3.8, 4) is 0 Å². The Labute approximate surface area is 242 Å². The Hall–Kier alpha value is -4.33. The SMILES string of the molecule is Cc1cccc(/C=C(/NC(=O)c2ccccc2)C(=O)Nc2cccc(SC(C)C(=O)Nc3cccc(Cl)c3)c2)c1. The summed E-state index contributed by atoms with van der Waals surface area (Å²) in [6.45, 7) is 3.76. The number of hydrogen-bond donors (Lipinski definition) is 3. The van der Waals surface area contributed by atoms with Gasteiger partial charge in [-0.2, -0.15) is 0 Å². The molecule has 3 amide bonds. The fraction of sp³-hybridized carbons (Fsp3) is 0.0938. The fourth-order valence-corrected chi connectivity index (χ4v) is 4.90. The number of thioether (sulfide) groups is 1. The molecule has 40 heavy (non-hydrogen) atoms. The van der Waals surface area contributed by atoms with E-state index in [2.05, 4.69) is 16.0 Å². The molecule has 3 N–H and O–H groups in total. The first-order valence-corrected chi connectivity index (χ1v) is 13.8. The lowest BCUT2D eigenvalue weighted by Crippen LogP contribution is -2.30. The van der Waals surface area contributed by atoms with Crippen LogP contribution in [0.1, 0.15) is 28.4 Å². The van der Waals surface area contributed by atoms with Crippen LogP contribution in [0.5, 0.6) is 0 Å². The molecule has 0 saturated carbocycles. The Kier molecular flexibility index (Phi) is 9.78. The normalized spacial score (nSPS) is 11.8. The van der Waals surface area contributed by atoms with Gasteiger partial charge >= 0.3 is 0 Å². The zero-order valence-corrected chi connectivity index (χ0v) is 23.6. The monoisotopic (exact) mass is 569 g/mol. The highest BCUT2D eigenvalue weighted by molar-refractivity contribution is 8.00. The van der Waals surface area contributed by atoms with E-state index in [1.807, 2.05) is 43.3 Å². The molecule has 0 bridgehead atoms. The Morgan fingerprint density at radius 2 is 1.50 bits per heavy atom. The highest BCUT2D eigenvalue weighted by Crippen LogP contribution is 2.27. The largest absolute Gasteiger partial charge is 0.325 e. The maximum atomic E-state index is 13.4. The predicted molar refractivity (Wildman–Crippen MR) is 164 cm³/mol. The molecule has 0 aromatic heterocycles. The van der Waals surface area contributed by atoms with E-state index >= 15 is 0 Å². The number of aryl methyl sites for hydroxylation is 1. The Bertz CT molecular complexity index is 1560. The van der Waals surface area contributed by atoms with Gasteiger partial charge in [-0.05, 0) is 74.0 Å². The lowest BCUT2D eigenvalue weighted by molar-refractivity contribution is -0.115. The van der Waals surface area contributed by atoms with E-state index in [0.29, 0.717) is 22.0 Å². The number of carbonyl (C=O) groups excluding carboxylic acids is 3. The summed E-state index contributed by atoms with van der Waals surface area (Å²) in [6, 6.07) is 30.5. The lowest BCUT2D eigenvalue weighted by Gasteiger charge is -2.14. The summed E-state index contributed by atoms with van der Waals surface area (Å²) in [7, 11) is 0. The minimum Gasteiger partial charge on any atom is -0.325 e. The number of benzene rings is 4. The van der Waals surface area contributed by atoms with E-state index in [-0.39, 0.29) is 11.6 Å². The van der Waals surface area contributed by atoms with Crippen LogP contribution in [0.4, 0.5) is 11.4 Å². The van der Waals surface area contributed by atoms with E-state index in [0.717, 1.165) is 16.0 Å². The zero-order valence-electron chi connectivity index (χ0n) is 22.0. The number of rotatable bonds is 9. The molecule has 8 heteroatoms. The minimum atomic E-state index is -0.473. The second-order valence-electron chi connectivity index (χ2n) is 9.03. The Morgan fingerprint density at radius 3 is 2.23 bits per heavy atom. The molecule has 0 radical (unpaired) electrons. The molecule has 0 aliphatic heterocycles. The van der Waals surface area contributed by atoms with Crippen LogP contribution in [0.15, 0.2) is 114 Å². The maximum Gasteiger partial charge on any atom is 0.272 e. The van der Waals surface area contributed by atoms with Crippen LogP contribution in [-0.4, -0.2) is 23.0 Å². The molecule has 0 spiro atoms. The second-order valence-corrected chi connectivity index (χ2v) is 10.9. The van der Waals surface area contributed by atoms with Crippen molar-refractivity contribution >= 4 is 58.5 Å². The van der Waals surface area contributed by atoms with Crippen LogP contribution in [-0.2, 0) is 9.59 Å². The number of hydrogen-bond acceptors (Lipinski definition) is 4. The molecule has 4 rings (SSSR count). The third-order valence-corrected chi connectivity index (χ3v) is 7.08. The third-order valence-electron chi connectivity index (χ3n) is 5.75. The average molecular weight is 570 g/mol. The van der Waals surface area contributed by atoms with E-state index < -0.39 is 17.1 Å². The summed E-state index contributed by atoms with van der Waals surface area (Å²) in [5.74, 6) is -1.04. The van der Waals surface area contributed by atoms with Crippen molar-refractivity contribution in [3.05, 3.63) is 131 Å². The van der Waals surface area contributed by atoms with Crippen molar-refractivity contribution in [2.24, 2.45) is 0 Å². The van der Waals surface area contributed by atoms with Crippen LogP contribution in [0.2, 0.25) is 5.02 Å². The van der Waals surface area contributed by atoms with Crippen LogP contribution in [0.25, 0.3) is 6.08 Å². The third kappa shape index (κ3) is 8.33. The van der Waals surface area contributed by atoms with Gasteiger partial charge in [-0.25, -0.2) is 0 Å². The molecule has 1 unspecified atom stereocenters.